The number of methoxy groups -OCH3 is 1. The monoisotopic (exact) mass is 394 g/mol. The first kappa shape index (κ1) is 19.2. The number of amides is 1. The number of aromatic nitrogens is 3. The van der Waals surface area contributed by atoms with Crippen molar-refractivity contribution in [2.45, 2.75) is 52.0 Å². The van der Waals surface area contributed by atoms with Gasteiger partial charge in [0.15, 0.2) is 0 Å². The number of aryl methyl sites for hydroxylation is 2. The van der Waals surface area contributed by atoms with Crippen molar-refractivity contribution < 1.29 is 14.1 Å². The summed E-state index contributed by atoms with van der Waals surface area (Å²) in [6.07, 6.45) is 5.84. The number of hydrogen-bond acceptors (Lipinski definition) is 5. The molecule has 1 aliphatic rings. The smallest absolute Gasteiger partial charge is 0.220 e. The van der Waals surface area contributed by atoms with Gasteiger partial charge in [-0.15, -0.1) is 0 Å². The van der Waals surface area contributed by atoms with Gasteiger partial charge in [0.1, 0.15) is 11.5 Å². The van der Waals surface area contributed by atoms with Gasteiger partial charge in [0.2, 0.25) is 5.91 Å². The van der Waals surface area contributed by atoms with E-state index in [0.29, 0.717) is 12.8 Å². The highest BCUT2D eigenvalue weighted by molar-refractivity contribution is 5.76. The number of hydrogen-bond donors (Lipinski definition) is 1. The topological polar surface area (TPSA) is 82.2 Å². The highest BCUT2D eigenvalue weighted by Crippen LogP contribution is 2.31. The van der Waals surface area contributed by atoms with E-state index in [1.54, 1.807) is 7.11 Å². The fraction of sp³-hybridized carbons (Fsp3) is 0.409. The Bertz CT molecular complexity index is 984. The van der Waals surface area contributed by atoms with Crippen molar-refractivity contribution in [2.24, 2.45) is 0 Å². The van der Waals surface area contributed by atoms with E-state index in [0.717, 1.165) is 59.0 Å². The van der Waals surface area contributed by atoms with Crippen molar-refractivity contribution in [3.8, 4) is 11.4 Å². The lowest BCUT2D eigenvalue weighted by Crippen LogP contribution is -2.31. The molecule has 0 saturated carbocycles. The largest absolute Gasteiger partial charge is 0.497 e. The van der Waals surface area contributed by atoms with Crippen LogP contribution in [-0.2, 0) is 17.6 Å². The van der Waals surface area contributed by atoms with Gasteiger partial charge < -0.3 is 14.6 Å². The predicted molar refractivity (Wildman–Crippen MR) is 108 cm³/mol. The Kier molecular flexibility index (Phi) is 5.38. The molecule has 0 fully saturated rings. The van der Waals surface area contributed by atoms with E-state index >= 15 is 0 Å². The number of rotatable bonds is 6. The average molecular weight is 394 g/mol. The molecular weight excluding hydrogens is 368 g/mol. The maximum absolute atomic E-state index is 12.6. The molecule has 2 heterocycles. The molecule has 1 aromatic carbocycles. The molecule has 0 aliphatic heterocycles. The van der Waals surface area contributed by atoms with Crippen molar-refractivity contribution in [1.82, 2.24) is 20.3 Å². The molecule has 29 heavy (non-hydrogen) atoms. The zero-order valence-electron chi connectivity index (χ0n) is 17.1. The Morgan fingerprint density at radius 1 is 1.31 bits per heavy atom. The van der Waals surface area contributed by atoms with Crippen molar-refractivity contribution in [3.63, 3.8) is 0 Å². The summed E-state index contributed by atoms with van der Waals surface area (Å²) in [4.78, 5) is 12.6. The van der Waals surface area contributed by atoms with Gasteiger partial charge in [0.25, 0.3) is 0 Å². The highest BCUT2D eigenvalue weighted by Gasteiger charge is 2.26. The first-order valence-electron chi connectivity index (χ1n) is 9.99. The number of nitrogens with zero attached hydrogens (tertiary/aromatic N) is 3. The number of ether oxygens (including phenoxy) is 1. The van der Waals surface area contributed by atoms with Crippen LogP contribution in [0.3, 0.4) is 0 Å². The Morgan fingerprint density at radius 2 is 2.10 bits per heavy atom. The van der Waals surface area contributed by atoms with Crippen molar-refractivity contribution >= 4 is 5.91 Å². The maximum atomic E-state index is 12.6. The predicted octanol–water partition coefficient (Wildman–Crippen LogP) is 3.61. The Morgan fingerprint density at radius 3 is 2.79 bits per heavy atom. The number of benzene rings is 1. The molecule has 1 aliphatic carbocycles. The number of fused-ring (bicyclic) bond motifs is 1. The van der Waals surface area contributed by atoms with E-state index in [2.05, 4.69) is 15.6 Å². The molecule has 7 nitrogen and oxygen atoms in total. The highest BCUT2D eigenvalue weighted by atomic mass is 16.5. The molecule has 0 radical (unpaired) electrons. The molecule has 0 spiro atoms. The summed E-state index contributed by atoms with van der Waals surface area (Å²) in [5.41, 5.74) is 5.15. The van der Waals surface area contributed by atoms with Gasteiger partial charge in [-0.2, -0.15) is 5.10 Å². The summed E-state index contributed by atoms with van der Waals surface area (Å²) in [7, 11) is 1.66. The lowest BCUT2D eigenvalue weighted by Gasteiger charge is -2.24. The molecule has 1 N–H and O–H groups in total. The van der Waals surface area contributed by atoms with Gasteiger partial charge in [-0.05, 0) is 63.8 Å². The fourth-order valence-electron chi connectivity index (χ4n) is 4.02. The first-order chi connectivity index (χ1) is 14.1. The van der Waals surface area contributed by atoms with Gasteiger partial charge in [-0.3, -0.25) is 4.79 Å². The van der Waals surface area contributed by atoms with E-state index in [-0.39, 0.29) is 11.9 Å². The lowest BCUT2D eigenvalue weighted by atomic mass is 9.92. The molecule has 1 atom stereocenters. The summed E-state index contributed by atoms with van der Waals surface area (Å²) in [5.74, 6) is 1.65. The van der Waals surface area contributed by atoms with Crippen LogP contribution in [-0.4, -0.2) is 28.0 Å². The summed E-state index contributed by atoms with van der Waals surface area (Å²) in [6, 6.07) is 7.86. The van der Waals surface area contributed by atoms with Crippen LogP contribution in [0.4, 0.5) is 0 Å². The minimum Gasteiger partial charge on any atom is -0.497 e. The second-order valence-electron chi connectivity index (χ2n) is 7.47. The SMILES string of the molecule is COc1ccc(-n2ncc3c2CCC[C@@H]3NC(=O)CCc2c(C)noc2C)cc1. The van der Waals surface area contributed by atoms with Gasteiger partial charge in [-0.25, -0.2) is 4.68 Å². The molecule has 1 amide bonds. The Labute approximate surface area is 170 Å². The van der Waals surface area contributed by atoms with E-state index in [1.165, 1.54) is 0 Å². The van der Waals surface area contributed by atoms with Crippen molar-refractivity contribution in [3.05, 3.63) is 58.7 Å². The Hall–Kier alpha value is -3.09. The standard InChI is InChI=1S/C22H26N4O3/c1-14-18(15(2)29-25-14)11-12-22(27)24-20-5-4-6-21-19(20)13-23-26(21)16-7-9-17(28-3)10-8-16/h7-10,13,20H,4-6,11-12H2,1-3H3,(H,24,27)/t20-/m0/s1. The van der Waals surface area contributed by atoms with E-state index in [1.807, 2.05) is 49.0 Å². The third kappa shape index (κ3) is 3.90. The minimum absolute atomic E-state index is 0.00270. The fourth-order valence-corrected chi connectivity index (χ4v) is 4.02. The van der Waals surface area contributed by atoms with E-state index in [4.69, 9.17) is 9.26 Å². The second kappa shape index (κ2) is 8.11. The molecule has 7 heteroatoms. The quantitative estimate of drug-likeness (QED) is 0.691. The van der Waals surface area contributed by atoms with E-state index < -0.39 is 0 Å². The third-order valence-electron chi connectivity index (χ3n) is 5.62. The second-order valence-corrected chi connectivity index (χ2v) is 7.47. The molecule has 2 aromatic heterocycles. The van der Waals surface area contributed by atoms with Crippen LogP contribution in [0.25, 0.3) is 5.69 Å². The summed E-state index contributed by atoms with van der Waals surface area (Å²) in [6.45, 7) is 3.79. The summed E-state index contributed by atoms with van der Waals surface area (Å²) >= 11 is 0. The van der Waals surface area contributed by atoms with Crippen LogP contribution < -0.4 is 10.1 Å². The van der Waals surface area contributed by atoms with Crippen LogP contribution >= 0.6 is 0 Å². The molecule has 3 aromatic rings. The molecule has 4 rings (SSSR count). The van der Waals surface area contributed by atoms with Gasteiger partial charge >= 0.3 is 0 Å². The van der Waals surface area contributed by atoms with Gasteiger partial charge in [0, 0.05) is 23.2 Å². The van der Waals surface area contributed by atoms with Crippen molar-refractivity contribution in [2.75, 3.05) is 7.11 Å². The van der Waals surface area contributed by atoms with Gasteiger partial charge in [-0.1, -0.05) is 5.16 Å². The van der Waals surface area contributed by atoms with Crippen LogP contribution in [0.5, 0.6) is 5.75 Å². The molecule has 0 bridgehead atoms. The third-order valence-corrected chi connectivity index (χ3v) is 5.62. The normalized spacial score (nSPS) is 15.8. The van der Waals surface area contributed by atoms with Gasteiger partial charge in [0.05, 0.1) is 30.7 Å². The zero-order chi connectivity index (χ0) is 20.4. The number of carbonyl (C=O) groups is 1. The van der Waals surface area contributed by atoms with Crippen LogP contribution in [0.1, 0.15) is 53.6 Å². The lowest BCUT2D eigenvalue weighted by molar-refractivity contribution is -0.121. The molecular formula is C22H26N4O3. The summed E-state index contributed by atoms with van der Waals surface area (Å²) in [5, 5.41) is 11.7. The van der Waals surface area contributed by atoms with Crippen molar-refractivity contribution in [1.29, 1.82) is 0 Å². The summed E-state index contributed by atoms with van der Waals surface area (Å²) < 4.78 is 12.4. The first-order valence-corrected chi connectivity index (χ1v) is 9.99. The maximum Gasteiger partial charge on any atom is 0.220 e. The Balaban J connectivity index is 1.46. The van der Waals surface area contributed by atoms with Crippen LogP contribution in [0, 0.1) is 13.8 Å². The minimum atomic E-state index is 0.00270. The zero-order valence-corrected chi connectivity index (χ0v) is 17.1. The van der Waals surface area contributed by atoms with Crippen LogP contribution in [0.15, 0.2) is 35.0 Å². The molecule has 152 valence electrons. The average Bonchev–Trinajstić information content (AvgIpc) is 3.30. The molecule has 0 unspecified atom stereocenters. The molecule has 0 saturated heterocycles. The van der Waals surface area contributed by atoms with E-state index in [9.17, 15) is 4.79 Å². The number of carbonyl (C=O) groups excluding carboxylic acids is 1. The van der Waals surface area contributed by atoms with Crippen LogP contribution in [0.2, 0.25) is 0 Å². The number of nitrogens with one attached hydrogen (secondary N) is 1.